The summed E-state index contributed by atoms with van der Waals surface area (Å²) in [7, 11) is 1.26. The Kier molecular flexibility index (Phi) is 5.19. The van der Waals surface area contributed by atoms with Crippen LogP contribution in [0.2, 0.25) is 0 Å². The first-order valence-electron chi connectivity index (χ1n) is 7.47. The van der Waals surface area contributed by atoms with Gasteiger partial charge in [0.05, 0.1) is 24.3 Å². The Hall–Kier alpha value is -2.88. The van der Waals surface area contributed by atoms with Crippen molar-refractivity contribution in [1.29, 1.82) is 5.26 Å². The van der Waals surface area contributed by atoms with Crippen molar-refractivity contribution in [2.24, 2.45) is 5.92 Å². The summed E-state index contributed by atoms with van der Waals surface area (Å²) >= 11 is 0. The molecule has 1 aliphatic rings. The normalized spacial score (nSPS) is 15.5. The molecule has 0 heterocycles. The number of nitrogens with zero attached hydrogens (tertiary/aromatic N) is 1. The molecule has 0 radical (unpaired) electrons. The van der Waals surface area contributed by atoms with E-state index in [1.165, 1.54) is 31.4 Å². The molecule has 24 heavy (non-hydrogen) atoms. The van der Waals surface area contributed by atoms with Gasteiger partial charge in [0, 0.05) is 0 Å². The summed E-state index contributed by atoms with van der Waals surface area (Å²) in [6.07, 6.45) is 1.80. The Balaban J connectivity index is 1.87. The molecule has 0 aliphatic heterocycles. The number of amides is 1. The Labute approximate surface area is 139 Å². The van der Waals surface area contributed by atoms with Gasteiger partial charge in [-0.15, -0.1) is 0 Å². The van der Waals surface area contributed by atoms with Gasteiger partial charge in [-0.3, -0.25) is 4.79 Å². The maximum Gasteiger partial charge on any atom is 0.338 e. The second kappa shape index (κ2) is 7.13. The topological polar surface area (TPSA) is 105 Å². The average molecular weight is 330 g/mol. The summed E-state index contributed by atoms with van der Waals surface area (Å²) in [6.45, 7) is 1.19. The van der Waals surface area contributed by atoms with E-state index in [9.17, 15) is 19.6 Å². The molecule has 1 aliphatic carbocycles. The van der Waals surface area contributed by atoms with E-state index in [1.54, 1.807) is 6.92 Å². The van der Waals surface area contributed by atoms with Crippen LogP contribution in [0.1, 0.15) is 40.5 Å². The van der Waals surface area contributed by atoms with Crippen LogP contribution in [0, 0.1) is 17.2 Å². The SMILES string of the molecule is COC(=O)c1ccc(C(=O)OCC(=O)N[C@@](C)(C#N)C2CC2)cc1. The molecule has 1 fully saturated rings. The van der Waals surface area contributed by atoms with Crippen molar-refractivity contribution in [1.82, 2.24) is 5.32 Å². The third-order valence-corrected chi connectivity index (χ3v) is 3.90. The first-order chi connectivity index (χ1) is 11.4. The Morgan fingerprint density at radius 3 is 2.21 bits per heavy atom. The van der Waals surface area contributed by atoms with E-state index in [0.29, 0.717) is 5.56 Å². The molecule has 0 aromatic heterocycles. The predicted molar refractivity (Wildman–Crippen MR) is 82.9 cm³/mol. The lowest BCUT2D eigenvalue weighted by atomic mass is 9.98. The molecule has 1 N–H and O–H groups in total. The number of rotatable bonds is 6. The van der Waals surface area contributed by atoms with Crippen molar-refractivity contribution in [3.8, 4) is 6.07 Å². The zero-order chi connectivity index (χ0) is 17.7. The fraction of sp³-hybridized carbons (Fsp3) is 0.412. The fourth-order valence-corrected chi connectivity index (χ4v) is 2.28. The zero-order valence-electron chi connectivity index (χ0n) is 13.5. The number of methoxy groups -OCH3 is 1. The van der Waals surface area contributed by atoms with E-state index in [2.05, 4.69) is 16.1 Å². The molecule has 1 amide bonds. The number of nitrogens with one attached hydrogen (secondary N) is 1. The summed E-state index contributed by atoms with van der Waals surface area (Å²) < 4.78 is 9.49. The van der Waals surface area contributed by atoms with Crippen molar-refractivity contribution in [2.75, 3.05) is 13.7 Å². The molecular formula is C17H18N2O5. The molecule has 1 atom stereocenters. The van der Waals surface area contributed by atoms with Gasteiger partial charge in [0.1, 0.15) is 5.54 Å². The van der Waals surface area contributed by atoms with Gasteiger partial charge in [-0.2, -0.15) is 5.26 Å². The number of carbonyl (C=O) groups excluding carboxylic acids is 3. The summed E-state index contributed by atoms with van der Waals surface area (Å²) in [5.74, 6) is -1.57. The Morgan fingerprint density at radius 2 is 1.75 bits per heavy atom. The summed E-state index contributed by atoms with van der Waals surface area (Å²) in [5, 5.41) is 11.8. The highest BCUT2D eigenvalue weighted by atomic mass is 16.5. The minimum Gasteiger partial charge on any atom is -0.465 e. The van der Waals surface area contributed by atoms with E-state index < -0.39 is 30.0 Å². The molecule has 1 aromatic carbocycles. The summed E-state index contributed by atoms with van der Waals surface area (Å²) in [6, 6.07) is 7.79. The largest absolute Gasteiger partial charge is 0.465 e. The third kappa shape index (κ3) is 4.10. The monoisotopic (exact) mass is 330 g/mol. The number of ether oxygens (including phenoxy) is 2. The van der Waals surface area contributed by atoms with Crippen LogP contribution >= 0.6 is 0 Å². The van der Waals surface area contributed by atoms with E-state index in [4.69, 9.17) is 4.74 Å². The number of esters is 2. The van der Waals surface area contributed by atoms with Crippen LogP contribution in [0.15, 0.2) is 24.3 Å². The van der Waals surface area contributed by atoms with Crippen LogP contribution in [0.5, 0.6) is 0 Å². The van der Waals surface area contributed by atoms with E-state index >= 15 is 0 Å². The number of nitriles is 1. The second-order valence-electron chi connectivity index (χ2n) is 5.78. The summed E-state index contributed by atoms with van der Waals surface area (Å²) in [4.78, 5) is 35.1. The molecule has 0 bridgehead atoms. The molecule has 1 saturated carbocycles. The van der Waals surface area contributed by atoms with Gasteiger partial charge in [-0.25, -0.2) is 9.59 Å². The third-order valence-electron chi connectivity index (χ3n) is 3.90. The number of carbonyl (C=O) groups is 3. The number of benzene rings is 1. The molecule has 7 nitrogen and oxygen atoms in total. The van der Waals surface area contributed by atoms with Crippen molar-refractivity contribution in [2.45, 2.75) is 25.3 Å². The van der Waals surface area contributed by atoms with Crippen LogP contribution < -0.4 is 5.32 Å². The molecule has 0 saturated heterocycles. The molecular weight excluding hydrogens is 312 g/mol. The minimum atomic E-state index is -0.925. The second-order valence-corrected chi connectivity index (χ2v) is 5.78. The quantitative estimate of drug-likeness (QED) is 0.791. The summed E-state index contributed by atoms with van der Waals surface area (Å²) in [5.41, 5.74) is -0.409. The zero-order valence-corrected chi connectivity index (χ0v) is 13.5. The highest BCUT2D eigenvalue weighted by Gasteiger charge is 2.43. The first-order valence-corrected chi connectivity index (χ1v) is 7.47. The van der Waals surface area contributed by atoms with Crippen LogP contribution in [0.3, 0.4) is 0 Å². The van der Waals surface area contributed by atoms with E-state index in [1.807, 2.05) is 0 Å². The maximum atomic E-state index is 11.9. The highest BCUT2D eigenvalue weighted by molar-refractivity contribution is 5.94. The van der Waals surface area contributed by atoms with Crippen LogP contribution in [0.25, 0.3) is 0 Å². The smallest absolute Gasteiger partial charge is 0.338 e. The van der Waals surface area contributed by atoms with Gasteiger partial charge in [0.25, 0.3) is 5.91 Å². The average Bonchev–Trinajstić information content (AvgIpc) is 3.44. The highest BCUT2D eigenvalue weighted by Crippen LogP contribution is 2.39. The molecule has 0 unspecified atom stereocenters. The van der Waals surface area contributed by atoms with Crippen molar-refractivity contribution in [3.63, 3.8) is 0 Å². The van der Waals surface area contributed by atoms with E-state index in [-0.39, 0.29) is 11.5 Å². The molecule has 0 spiro atoms. The lowest BCUT2D eigenvalue weighted by Crippen LogP contribution is -2.48. The van der Waals surface area contributed by atoms with Gasteiger partial charge in [0.15, 0.2) is 6.61 Å². The Morgan fingerprint density at radius 1 is 1.21 bits per heavy atom. The molecule has 126 valence electrons. The van der Waals surface area contributed by atoms with Crippen molar-refractivity contribution < 1.29 is 23.9 Å². The Bertz CT molecular complexity index is 688. The lowest BCUT2D eigenvalue weighted by Gasteiger charge is -2.22. The fourth-order valence-electron chi connectivity index (χ4n) is 2.28. The first kappa shape index (κ1) is 17.5. The van der Waals surface area contributed by atoms with Gasteiger partial charge in [-0.1, -0.05) is 0 Å². The standard InChI is InChI=1S/C17H18N2O5/c1-17(10-18,13-7-8-13)19-14(20)9-24-16(22)12-5-3-11(4-6-12)15(21)23-2/h3-6,13H,7-9H2,1-2H3,(H,19,20)/t17-/m0/s1. The molecule has 7 heteroatoms. The van der Waals surface area contributed by atoms with Gasteiger partial charge in [-0.05, 0) is 49.9 Å². The van der Waals surface area contributed by atoms with Crippen molar-refractivity contribution >= 4 is 17.8 Å². The predicted octanol–water partition coefficient (Wildman–Crippen LogP) is 1.44. The van der Waals surface area contributed by atoms with Crippen LogP contribution in [0.4, 0.5) is 0 Å². The lowest BCUT2D eigenvalue weighted by molar-refractivity contribution is -0.125. The molecule has 1 aromatic rings. The van der Waals surface area contributed by atoms with Crippen LogP contribution in [-0.2, 0) is 14.3 Å². The number of hydrogen-bond acceptors (Lipinski definition) is 6. The van der Waals surface area contributed by atoms with Gasteiger partial charge < -0.3 is 14.8 Å². The number of hydrogen-bond donors (Lipinski definition) is 1. The minimum absolute atomic E-state index is 0.146. The van der Waals surface area contributed by atoms with Gasteiger partial charge in [0.2, 0.25) is 0 Å². The molecule has 2 rings (SSSR count). The van der Waals surface area contributed by atoms with E-state index in [0.717, 1.165) is 12.8 Å². The van der Waals surface area contributed by atoms with Gasteiger partial charge >= 0.3 is 11.9 Å². The van der Waals surface area contributed by atoms with Crippen molar-refractivity contribution in [3.05, 3.63) is 35.4 Å². The van der Waals surface area contributed by atoms with Crippen LogP contribution in [-0.4, -0.2) is 37.1 Å². The maximum absolute atomic E-state index is 11.9.